The fraction of sp³-hybridized carbons (Fsp3) is 0.150. The number of amides is 1. The van der Waals surface area contributed by atoms with Crippen LogP contribution in [-0.4, -0.2) is 44.6 Å². The number of imidazole rings is 1. The quantitative estimate of drug-likeness (QED) is 0.504. The molecule has 0 saturated carbocycles. The number of rotatable bonds is 6. The third kappa shape index (κ3) is 3.62. The topological polar surface area (TPSA) is 114 Å². The summed E-state index contributed by atoms with van der Waals surface area (Å²) in [5.41, 5.74) is 7.59. The summed E-state index contributed by atoms with van der Waals surface area (Å²) in [4.78, 5) is 22.4. The van der Waals surface area contributed by atoms with E-state index in [1.807, 2.05) is 20.2 Å². The number of primary amides is 1. The first-order valence-corrected chi connectivity index (χ1v) is 9.10. The van der Waals surface area contributed by atoms with Crippen molar-refractivity contribution >= 4 is 23.1 Å². The number of nitrogens with zero attached hydrogens (tertiary/aromatic N) is 6. The largest absolute Gasteiger partial charge is 0.364 e. The molecule has 0 bridgehead atoms. The van der Waals surface area contributed by atoms with E-state index in [0.29, 0.717) is 35.1 Å². The normalized spacial score (nSPS) is 10.9. The lowest BCUT2D eigenvalue weighted by Gasteiger charge is -2.16. The zero-order valence-electron chi connectivity index (χ0n) is 16.4. The van der Waals surface area contributed by atoms with Crippen LogP contribution < -0.4 is 16.0 Å². The van der Waals surface area contributed by atoms with E-state index >= 15 is 0 Å². The maximum atomic E-state index is 13.5. The molecule has 3 aromatic heterocycles. The number of hydrogen-bond donors (Lipinski definition) is 2. The lowest BCUT2D eigenvalue weighted by Crippen LogP contribution is -2.17. The highest BCUT2D eigenvalue weighted by Crippen LogP contribution is 2.25. The Hall–Kier alpha value is -4.08. The van der Waals surface area contributed by atoms with Crippen molar-refractivity contribution < 1.29 is 9.18 Å². The Morgan fingerprint density at radius 3 is 2.73 bits per heavy atom. The van der Waals surface area contributed by atoms with Crippen molar-refractivity contribution in [1.29, 1.82) is 0 Å². The minimum Gasteiger partial charge on any atom is -0.364 e. The average molecular weight is 406 g/mol. The number of carbonyl (C=O) groups is 1. The predicted molar refractivity (Wildman–Crippen MR) is 111 cm³/mol. The summed E-state index contributed by atoms with van der Waals surface area (Å²) in [7, 11) is 3.65. The maximum Gasteiger partial charge on any atom is 0.265 e. The second-order valence-electron chi connectivity index (χ2n) is 6.81. The lowest BCUT2D eigenvalue weighted by atomic mass is 10.2. The van der Waals surface area contributed by atoms with Crippen molar-refractivity contribution in [3.63, 3.8) is 0 Å². The number of pyridine rings is 1. The molecule has 3 heterocycles. The van der Waals surface area contributed by atoms with Crippen molar-refractivity contribution in [2.24, 2.45) is 5.73 Å². The van der Waals surface area contributed by atoms with Gasteiger partial charge in [-0.1, -0.05) is 18.2 Å². The molecule has 152 valence electrons. The molecule has 0 spiro atoms. The minimum atomic E-state index is -0.566. The highest BCUT2D eigenvalue weighted by molar-refractivity contribution is 5.92. The van der Waals surface area contributed by atoms with Gasteiger partial charge < -0.3 is 16.0 Å². The molecule has 0 radical (unpaired) electrons. The average Bonchev–Trinajstić information content (AvgIpc) is 3.16. The summed E-state index contributed by atoms with van der Waals surface area (Å²) in [6, 6.07) is 11.4. The van der Waals surface area contributed by atoms with E-state index in [-0.39, 0.29) is 11.6 Å². The third-order valence-corrected chi connectivity index (χ3v) is 4.48. The molecule has 3 N–H and O–H groups in total. The number of benzene rings is 1. The Bertz CT molecular complexity index is 1240. The second-order valence-corrected chi connectivity index (χ2v) is 6.81. The standard InChI is InChI=1S/C20H19FN8O/c1-28(2)20-19(23-10-12-5-3-6-13(21)9-12)25-18(26-27-20)16-14-7-4-8-15(17(22)30)29(14)11-24-16/h3-9,11H,10H2,1-2H3,(H2,22,30)(H,23,25,26). The van der Waals surface area contributed by atoms with Crippen molar-refractivity contribution in [1.82, 2.24) is 24.6 Å². The van der Waals surface area contributed by atoms with Gasteiger partial charge in [-0.3, -0.25) is 9.20 Å². The molecule has 9 nitrogen and oxygen atoms in total. The summed E-state index contributed by atoms with van der Waals surface area (Å²) in [5.74, 6) is 0.409. The van der Waals surface area contributed by atoms with Gasteiger partial charge in [-0.05, 0) is 29.8 Å². The van der Waals surface area contributed by atoms with Gasteiger partial charge in [-0.25, -0.2) is 14.4 Å². The number of nitrogens with one attached hydrogen (secondary N) is 1. The van der Waals surface area contributed by atoms with Gasteiger partial charge in [0.15, 0.2) is 11.6 Å². The van der Waals surface area contributed by atoms with E-state index in [9.17, 15) is 9.18 Å². The molecule has 1 amide bonds. The van der Waals surface area contributed by atoms with Crippen LogP contribution in [0.2, 0.25) is 0 Å². The second kappa shape index (κ2) is 7.74. The first-order valence-electron chi connectivity index (χ1n) is 9.10. The van der Waals surface area contributed by atoms with Crippen LogP contribution in [0.5, 0.6) is 0 Å². The monoisotopic (exact) mass is 406 g/mol. The molecule has 0 atom stereocenters. The summed E-state index contributed by atoms with van der Waals surface area (Å²) >= 11 is 0. The Morgan fingerprint density at radius 2 is 2.00 bits per heavy atom. The molecule has 0 aliphatic rings. The Balaban J connectivity index is 1.73. The molecule has 10 heteroatoms. The molecule has 4 aromatic rings. The van der Waals surface area contributed by atoms with Gasteiger partial charge in [-0.15, -0.1) is 10.2 Å². The fourth-order valence-corrected chi connectivity index (χ4v) is 3.07. The van der Waals surface area contributed by atoms with Gasteiger partial charge in [-0.2, -0.15) is 0 Å². The molecule has 1 aromatic carbocycles. The molecule has 0 aliphatic carbocycles. The highest BCUT2D eigenvalue weighted by atomic mass is 19.1. The SMILES string of the molecule is CN(C)c1nnc(-c2ncn3c(C(N)=O)cccc23)nc1NCc1cccc(F)c1. The molecule has 0 unspecified atom stereocenters. The number of anilines is 2. The van der Waals surface area contributed by atoms with E-state index in [4.69, 9.17) is 5.73 Å². The third-order valence-electron chi connectivity index (χ3n) is 4.48. The van der Waals surface area contributed by atoms with E-state index in [1.165, 1.54) is 18.5 Å². The molecule has 4 rings (SSSR count). The summed E-state index contributed by atoms with van der Waals surface area (Å²) in [6.07, 6.45) is 1.49. The van der Waals surface area contributed by atoms with Crippen LogP contribution in [0.25, 0.3) is 17.0 Å². The molecular weight excluding hydrogens is 387 g/mol. The van der Waals surface area contributed by atoms with E-state index < -0.39 is 5.91 Å². The van der Waals surface area contributed by atoms with Crippen LogP contribution >= 0.6 is 0 Å². The number of halogens is 1. The molecular formula is C20H19FN8O. The maximum absolute atomic E-state index is 13.5. The lowest BCUT2D eigenvalue weighted by molar-refractivity contribution is 0.0994. The number of nitrogens with two attached hydrogens (primary N) is 1. The molecule has 0 fully saturated rings. The first kappa shape index (κ1) is 19.2. The van der Waals surface area contributed by atoms with Crippen LogP contribution in [0, 0.1) is 5.82 Å². The van der Waals surface area contributed by atoms with Crippen LogP contribution in [-0.2, 0) is 6.54 Å². The van der Waals surface area contributed by atoms with Crippen LogP contribution in [0.3, 0.4) is 0 Å². The Kier molecular flexibility index (Phi) is 4.97. The minimum absolute atomic E-state index is 0.284. The summed E-state index contributed by atoms with van der Waals surface area (Å²) in [5, 5.41) is 11.7. The Labute approximate surface area is 171 Å². The zero-order valence-corrected chi connectivity index (χ0v) is 16.4. The molecule has 0 saturated heterocycles. The van der Waals surface area contributed by atoms with Gasteiger partial charge in [0, 0.05) is 20.6 Å². The Morgan fingerprint density at radius 1 is 1.20 bits per heavy atom. The van der Waals surface area contributed by atoms with E-state index in [2.05, 4.69) is 25.5 Å². The molecule has 30 heavy (non-hydrogen) atoms. The summed E-state index contributed by atoms with van der Waals surface area (Å²) < 4.78 is 15.1. The highest BCUT2D eigenvalue weighted by Gasteiger charge is 2.17. The van der Waals surface area contributed by atoms with Crippen molar-refractivity contribution in [3.05, 3.63) is 65.9 Å². The van der Waals surface area contributed by atoms with Gasteiger partial charge in [0.05, 0.1) is 5.52 Å². The van der Waals surface area contributed by atoms with Gasteiger partial charge in [0.1, 0.15) is 23.5 Å². The smallest absolute Gasteiger partial charge is 0.265 e. The predicted octanol–water partition coefficient (Wildman–Crippen LogP) is 2.10. The zero-order chi connectivity index (χ0) is 21.3. The number of fused-ring (bicyclic) bond motifs is 1. The van der Waals surface area contributed by atoms with Crippen LogP contribution in [0.15, 0.2) is 48.8 Å². The number of aromatic nitrogens is 5. The number of hydrogen-bond acceptors (Lipinski definition) is 7. The van der Waals surface area contributed by atoms with Crippen LogP contribution in [0.4, 0.5) is 16.0 Å². The van der Waals surface area contributed by atoms with E-state index in [1.54, 1.807) is 33.6 Å². The van der Waals surface area contributed by atoms with Gasteiger partial charge >= 0.3 is 0 Å². The van der Waals surface area contributed by atoms with Crippen molar-refractivity contribution in [2.45, 2.75) is 6.54 Å². The van der Waals surface area contributed by atoms with Gasteiger partial charge in [0.2, 0.25) is 5.82 Å². The first-order chi connectivity index (χ1) is 14.4. The van der Waals surface area contributed by atoms with Gasteiger partial charge in [0.25, 0.3) is 5.91 Å². The van der Waals surface area contributed by atoms with Crippen molar-refractivity contribution in [2.75, 3.05) is 24.3 Å². The summed E-state index contributed by atoms with van der Waals surface area (Å²) in [6.45, 7) is 0.354. The number of carbonyl (C=O) groups excluding carboxylic acids is 1. The molecule has 0 aliphatic heterocycles. The van der Waals surface area contributed by atoms with Crippen molar-refractivity contribution in [3.8, 4) is 11.5 Å². The van der Waals surface area contributed by atoms with E-state index in [0.717, 1.165) is 5.56 Å². The van der Waals surface area contributed by atoms with Crippen LogP contribution in [0.1, 0.15) is 16.1 Å². The fourth-order valence-electron chi connectivity index (χ4n) is 3.07.